The van der Waals surface area contributed by atoms with Crippen LogP contribution in [0.1, 0.15) is 73.7 Å². The number of aliphatic hydroxyl groups excluding tert-OH is 1. The smallest absolute Gasteiger partial charge is 0.255 e. The monoisotopic (exact) mass is 513 g/mol. The Morgan fingerprint density at radius 3 is 2.64 bits per heavy atom. The molecule has 1 aliphatic carbocycles. The van der Waals surface area contributed by atoms with Crippen molar-refractivity contribution < 1.29 is 24.6 Å². The first-order valence-corrected chi connectivity index (χ1v) is 13.8. The van der Waals surface area contributed by atoms with Gasteiger partial charge in [-0.3, -0.25) is 25.0 Å². The molecule has 1 fully saturated rings. The lowest BCUT2D eigenvalue weighted by molar-refractivity contribution is -0.136. The molecule has 9 heteroatoms. The van der Waals surface area contributed by atoms with E-state index in [1.54, 1.807) is 28.8 Å². The third-order valence-corrected chi connectivity index (χ3v) is 8.14. The highest BCUT2D eigenvalue weighted by Gasteiger charge is 2.39. The predicted molar refractivity (Wildman–Crippen MR) is 138 cm³/mol. The van der Waals surface area contributed by atoms with Crippen molar-refractivity contribution in [1.82, 2.24) is 15.5 Å². The van der Waals surface area contributed by atoms with Gasteiger partial charge in [0.25, 0.3) is 5.91 Å². The molecule has 2 heterocycles. The number of piperidine rings is 1. The highest BCUT2D eigenvalue weighted by molar-refractivity contribution is 7.99. The number of benzene rings is 1. The summed E-state index contributed by atoms with van der Waals surface area (Å²) in [5.41, 5.74) is 0.606. The van der Waals surface area contributed by atoms with Gasteiger partial charge < -0.3 is 15.1 Å². The molecule has 0 saturated carbocycles. The Balaban J connectivity index is 1.12. The van der Waals surface area contributed by atoms with Crippen molar-refractivity contribution >= 4 is 29.5 Å². The average molecular weight is 514 g/mol. The van der Waals surface area contributed by atoms with Crippen LogP contribution in [-0.2, 0) is 16.1 Å². The van der Waals surface area contributed by atoms with E-state index in [-0.39, 0.29) is 29.9 Å². The molecule has 4 rings (SSSR count). The van der Waals surface area contributed by atoms with Gasteiger partial charge in [0, 0.05) is 29.8 Å². The van der Waals surface area contributed by atoms with E-state index in [0.717, 1.165) is 61.3 Å². The van der Waals surface area contributed by atoms with Crippen LogP contribution in [-0.4, -0.2) is 56.9 Å². The van der Waals surface area contributed by atoms with Gasteiger partial charge in [-0.25, -0.2) is 0 Å². The standard InChI is InChI=1S/C27H35N3O5S/c31-19-12-14-27(35,15-13-19)28-16-5-3-1-2-4-6-17-36-23-9-7-8-20-21(23)18-30(26(20)34)22-10-11-24(32)29-25(22)33/h7-9,12-14,22,28,31,35H,1-6,10-11,15-18H2,(H,29,32,33). The predicted octanol–water partition coefficient (Wildman–Crippen LogP) is 3.56. The van der Waals surface area contributed by atoms with Crippen LogP contribution in [0.5, 0.6) is 0 Å². The van der Waals surface area contributed by atoms with Gasteiger partial charge in [0.15, 0.2) is 0 Å². The minimum atomic E-state index is -1.05. The zero-order valence-electron chi connectivity index (χ0n) is 20.5. The van der Waals surface area contributed by atoms with Crippen LogP contribution in [0.2, 0.25) is 0 Å². The van der Waals surface area contributed by atoms with Crippen LogP contribution in [0.25, 0.3) is 0 Å². The van der Waals surface area contributed by atoms with E-state index in [4.69, 9.17) is 0 Å². The fourth-order valence-corrected chi connectivity index (χ4v) is 5.96. The molecule has 2 atom stereocenters. The summed E-state index contributed by atoms with van der Waals surface area (Å²) in [4.78, 5) is 39.4. The first-order chi connectivity index (χ1) is 17.4. The number of carbonyl (C=O) groups is 3. The SMILES string of the molecule is O=C1CCC(N2Cc3c(SCCCCCCCCNC4(O)C=CC(O)=CC4)cccc3C2=O)C(=O)N1. The lowest BCUT2D eigenvalue weighted by Crippen LogP contribution is -2.52. The van der Waals surface area contributed by atoms with Gasteiger partial charge in [-0.05, 0) is 67.5 Å². The van der Waals surface area contributed by atoms with E-state index >= 15 is 0 Å². The molecule has 36 heavy (non-hydrogen) atoms. The van der Waals surface area contributed by atoms with E-state index in [2.05, 4.69) is 10.6 Å². The second-order valence-electron chi connectivity index (χ2n) is 9.67. The van der Waals surface area contributed by atoms with Crippen LogP contribution in [0.3, 0.4) is 0 Å². The lowest BCUT2D eigenvalue weighted by Gasteiger charge is -2.29. The number of rotatable bonds is 12. The van der Waals surface area contributed by atoms with Gasteiger partial charge >= 0.3 is 0 Å². The largest absolute Gasteiger partial charge is 0.508 e. The van der Waals surface area contributed by atoms with Gasteiger partial charge in [-0.1, -0.05) is 31.7 Å². The topological polar surface area (TPSA) is 119 Å². The van der Waals surface area contributed by atoms with E-state index in [9.17, 15) is 24.6 Å². The Hall–Kier alpha value is -2.62. The highest BCUT2D eigenvalue weighted by Crippen LogP contribution is 2.34. The maximum Gasteiger partial charge on any atom is 0.255 e. The second kappa shape index (κ2) is 12.1. The summed E-state index contributed by atoms with van der Waals surface area (Å²) in [6.07, 6.45) is 12.4. The van der Waals surface area contributed by atoms with Crippen molar-refractivity contribution in [2.24, 2.45) is 0 Å². The molecule has 1 aromatic carbocycles. The zero-order valence-corrected chi connectivity index (χ0v) is 21.3. The summed E-state index contributed by atoms with van der Waals surface area (Å²) in [6.45, 7) is 1.15. The minimum Gasteiger partial charge on any atom is -0.508 e. The van der Waals surface area contributed by atoms with Crippen LogP contribution < -0.4 is 10.6 Å². The first-order valence-electron chi connectivity index (χ1n) is 12.8. The number of imide groups is 1. The Kier molecular flexibility index (Phi) is 8.87. The van der Waals surface area contributed by atoms with E-state index in [1.165, 1.54) is 6.08 Å². The molecule has 0 radical (unpaired) electrons. The molecular weight excluding hydrogens is 478 g/mol. The molecule has 0 aromatic heterocycles. The number of unbranched alkanes of at least 4 members (excludes halogenated alkanes) is 5. The van der Waals surface area contributed by atoms with E-state index in [0.29, 0.717) is 24.9 Å². The number of fused-ring (bicyclic) bond motifs is 1. The molecule has 0 spiro atoms. The molecule has 8 nitrogen and oxygen atoms in total. The zero-order chi connectivity index (χ0) is 25.5. The molecular formula is C27H35N3O5S. The van der Waals surface area contributed by atoms with Crippen molar-refractivity contribution in [3.63, 3.8) is 0 Å². The van der Waals surface area contributed by atoms with Crippen molar-refractivity contribution in [3.8, 4) is 0 Å². The molecule has 194 valence electrons. The normalized spacial score (nSPS) is 23.6. The van der Waals surface area contributed by atoms with Gasteiger partial charge in [-0.2, -0.15) is 0 Å². The van der Waals surface area contributed by atoms with Crippen LogP contribution in [0, 0.1) is 0 Å². The summed E-state index contributed by atoms with van der Waals surface area (Å²) >= 11 is 1.76. The van der Waals surface area contributed by atoms with Gasteiger partial charge in [0.05, 0.1) is 0 Å². The summed E-state index contributed by atoms with van der Waals surface area (Å²) in [5.74, 6) is 0.390. The van der Waals surface area contributed by atoms with Gasteiger partial charge in [-0.15, -0.1) is 11.8 Å². The molecule has 2 unspecified atom stereocenters. The van der Waals surface area contributed by atoms with Crippen molar-refractivity contribution in [1.29, 1.82) is 0 Å². The average Bonchev–Trinajstić information content (AvgIpc) is 3.19. The second-order valence-corrected chi connectivity index (χ2v) is 10.8. The third-order valence-electron chi connectivity index (χ3n) is 6.95. The van der Waals surface area contributed by atoms with Crippen LogP contribution in [0.4, 0.5) is 0 Å². The van der Waals surface area contributed by atoms with E-state index in [1.807, 2.05) is 18.2 Å². The molecule has 3 aliphatic rings. The Labute approximate surface area is 216 Å². The third kappa shape index (κ3) is 6.57. The molecule has 4 N–H and O–H groups in total. The maximum atomic E-state index is 12.9. The number of carbonyl (C=O) groups excluding carboxylic acids is 3. The number of nitrogens with one attached hydrogen (secondary N) is 2. The lowest BCUT2D eigenvalue weighted by atomic mass is 10.0. The number of thioether (sulfide) groups is 1. The molecule has 3 amide bonds. The Morgan fingerprint density at radius 2 is 1.89 bits per heavy atom. The van der Waals surface area contributed by atoms with Crippen molar-refractivity contribution in [3.05, 3.63) is 53.3 Å². The van der Waals surface area contributed by atoms with Gasteiger partial charge in [0.1, 0.15) is 17.5 Å². The molecule has 2 aliphatic heterocycles. The molecule has 1 saturated heterocycles. The number of allylic oxidation sites excluding steroid dienone is 1. The number of amides is 3. The summed E-state index contributed by atoms with van der Waals surface area (Å²) in [5, 5.41) is 25.2. The van der Waals surface area contributed by atoms with Crippen LogP contribution >= 0.6 is 11.8 Å². The van der Waals surface area contributed by atoms with Crippen LogP contribution in [0.15, 0.2) is 47.1 Å². The molecule has 1 aromatic rings. The van der Waals surface area contributed by atoms with Crippen molar-refractivity contribution in [2.75, 3.05) is 12.3 Å². The number of nitrogens with zero attached hydrogens (tertiary/aromatic N) is 1. The summed E-state index contributed by atoms with van der Waals surface area (Å²) < 4.78 is 0. The summed E-state index contributed by atoms with van der Waals surface area (Å²) in [6, 6.07) is 5.19. The van der Waals surface area contributed by atoms with E-state index < -0.39 is 11.8 Å². The molecule has 0 bridgehead atoms. The fraction of sp³-hybridized carbons (Fsp3) is 0.519. The first kappa shape index (κ1) is 26.4. The highest BCUT2D eigenvalue weighted by atomic mass is 32.2. The number of hydrogen-bond acceptors (Lipinski definition) is 7. The quantitative estimate of drug-likeness (QED) is 0.146. The Morgan fingerprint density at radius 1 is 1.11 bits per heavy atom. The number of hydrogen-bond donors (Lipinski definition) is 4. The Bertz CT molecular complexity index is 1060. The number of aliphatic hydroxyl groups is 2. The van der Waals surface area contributed by atoms with Crippen molar-refractivity contribution in [2.45, 2.75) is 81.0 Å². The maximum absolute atomic E-state index is 12.9. The minimum absolute atomic E-state index is 0.127. The summed E-state index contributed by atoms with van der Waals surface area (Å²) in [7, 11) is 0. The fourth-order valence-electron chi connectivity index (χ4n) is 4.86. The van der Waals surface area contributed by atoms with Gasteiger partial charge in [0.2, 0.25) is 11.8 Å².